The maximum atomic E-state index is 6.47. The predicted molar refractivity (Wildman–Crippen MR) is 89.7 cm³/mol. The minimum absolute atomic E-state index is 0.362. The van der Waals surface area contributed by atoms with Gasteiger partial charge in [-0.1, -0.05) is 12.1 Å². The van der Waals surface area contributed by atoms with E-state index in [-0.39, 0.29) is 0 Å². The zero-order valence-corrected chi connectivity index (χ0v) is 14.9. The molecule has 0 radical (unpaired) electrons. The van der Waals surface area contributed by atoms with Crippen LogP contribution in [-0.2, 0) is 0 Å². The maximum Gasteiger partial charge on any atom is 0.340 e. The molecule has 22 heavy (non-hydrogen) atoms. The Bertz CT molecular complexity index is 656. The SMILES string of the molecule is CN(C)C1C(N(C)C)[P+]1(On1nnc2ccccc21)N(C)C. The lowest BCUT2D eigenvalue weighted by Crippen LogP contribution is -2.25. The maximum absolute atomic E-state index is 6.47. The van der Waals surface area contributed by atoms with E-state index in [0.29, 0.717) is 11.6 Å². The second-order valence-corrected chi connectivity index (χ2v) is 9.67. The highest BCUT2D eigenvalue weighted by atomic mass is 31.2. The van der Waals surface area contributed by atoms with Crippen molar-refractivity contribution in [3.05, 3.63) is 24.3 Å². The zero-order valence-electron chi connectivity index (χ0n) is 14.0. The van der Waals surface area contributed by atoms with Gasteiger partial charge < -0.3 is 0 Å². The molecule has 1 fully saturated rings. The summed E-state index contributed by atoms with van der Waals surface area (Å²) in [7, 11) is 10.8. The smallest absolute Gasteiger partial charge is 0.266 e. The van der Waals surface area contributed by atoms with Crippen molar-refractivity contribution in [3.8, 4) is 0 Å². The Labute approximate surface area is 131 Å². The lowest BCUT2D eigenvalue weighted by molar-refractivity contribution is 0.239. The van der Waals surface area contributed by atoms with Crippen LogP contribution in [0.4, 0.5) is 0 Å². The van der Waals surface area contributed by atoms with Gasteiger partial charge in [0.25, 0.3) is 0 Å². The summed E-state index contributed by atoms with van der Waals surface area (Å²) in [5.41, 5.74) is 1.76. The van der Waals surface area contributed by atoms with Crippen molar-refractivity contribution in [1.29, 1.82) is 0 Å². The van der Waals surface area contributed by atoms with Gasteiger partial charge in [-0.15, -0.1) is 9.77 Å². The van der Waals surface area contributed by atoms with Crippen molar-refractivity contribution < 1.29 is 4.62 Å². The molecule has 0 aliphatic carbocycles. The van der Waals surface area contributed by atoms with Crippen molar-refractivity contribution in [1.82, 2.24) is 29.6 Å². The average molecular weight is 323 g/mol. The molecule has 0 amide bonds. The molecule has 1 aliphatic rings. The first-order valence-electron chi connectivity index (χ1n) is 7.29. The number of aromatic nitrogens is 3. The van der Waals surface area contributed by atoms with Gasteiger partial charge in [0.1, 0.15) is 11.0 Å². The summed E-state index contributed by atoms with van der Waals surface area (Å²) in [6, 6.07) is 7.87. The van der Waals surface area contributed by atoms with E-state index in [4.69, 9.17) is 4.62 Å². The van der Waals surface area contributed by atoms with E-state index in [1.54, 1.807) is 4.85 Å². The van der Waals surface area contributed by atoms with Gasteiger partial charge in [-0.25, -0.2) is 4.62 Å². The van der Waals surface area contributed by atoms with Crippen LogP contribution in [0.3, 0.4) is 0 Å². The predicted octanol–water partition coefficient (Wildman–Crippen LogP) is 1.06. The second kappa shape index (κ2) is 5.42. The van der Waals surface area contributed by atoms with Crippen LogP contribution in [0.5, 0.6) is 0 Å². The van der Waals surface area contributed by atoms with Gasteiger partial charge in [-0.2, -0.15) is 0 Å². The van der Waals surface area contributed by atoms with Crippen molar-refractivity contribution in [2.45, 2.75) is 11.6 Å². The van der Waals surface area contributed by atoms with E-state index in [1.807, 2.05) is 24.3 Å². The Morgan fingerprint density at radius 2 is 1.59 bits per heavy atom. The molecule has 2 aromatic rings. The molecule has 120 valence electrons. The number of likely N-dealkylation sites (N-methyl/N-ethyl adjacent to an activating group) is 2. The van der Waals surface area contributed by atoms with Crippen LogP contribution in [0.15, 0.2) is 24.3 Å². The molecule has 1 saturated heterocycles. The summed E-state index contributed by atoms with van der Waals surface area (Å²) in [6.07, 6.45) is 0. The third-order valence-electron chi connectivity index (χ3n) is 4.15. The molecule has 3 rings (SSSR count). The molecule has 1 aromatic carbocycles. The van der Waals surface area contributed by atoms with Crippen LogP contribution in [0, 0.1) is 0 Å². The van der Waals surface area contributed by atoms with Gasteiger partial charge in [0.05, 0.1) is 0 Å². The monoisotopic (exact) mass is 323 g/mol. The summed E-state index contributed by atoms with van der Waals surface area (Å²) < 4.78 is 8.71. The first kappa shape index (κ1) is 15.6. The zero-order chi connectivity index (χ0) is 16.1. The van der Waals surface area contributed by atoms with Crippen LogP contribution >= 0.6 is 7.64 Å². The van der Waals surface area contributed by atoms with Gasteiger partial charge in [-0.05, 0) is 50.4 Å². The molecule has 0 saturated carbocycles. The molecule has 0 bridgehead atoms. The summed E-state index contributed by atoms with van der Waals surface area (Å²) >= 11 is 0. The number of fused-ring (bicyclic) bond motifs is 1. The van der Waals surface area contributed by atoms with E-state index in [9.17, 15) is 0 Å². The highest BCUT2D eigenvalue weighted by molar-refractivity contribution is 7.78. The second-order valence-electron chi connectivity index (χ2n) is 6.31. The van der Waals surface area contributed by atoms with Gasteiger partial charge in [-0.3, -0.25) is 9.80 Å². The van der Waals surface area contributed by atoms with Crippen LogP contribution in [0.2, 0.25) is 0 Å². The third-order valence-corrected chi connectivity index (χ3v) is 8.48. The Morgan fingerprint density at radius 3 is 2.14 bits per heavy atom. The van der Waals surface area contributed by atoms with Gasteiger partial charge in [0, 0.05) is 14.1 Å². The number of nitrogens with zero attached hydrogens (tertiary/aromatic N) is 6. The Morgan fingerprint density at radius 1 is 1.00 bits per heavy atom. The molecule has 8 heteroatoms. The first-order chi connectivity index (χ1) is 10.4. The third kappa shape index (κ3) is 2.20. The van der Waals surface area contributed by atoms with Crippen LogP contribution < -0.4 is 4.62 Å². The molecule has 2 heterocycles. The Kier molecular flexibility index (Phi) is 3.85. The highest BCUT2D eigenvalue weighted by Crippen LogP contribution is 2.84. The number of hydrogen-bond donors (Lipinski definition) is 0. The highest BCUT2D eigenvalue weighted by Gasteiger charge is 2.85. The van der Waals surface area contributed by atoms with E-state index < -0.39 is 7.64 Å². The number of rotatable bonds is 5. The van der Waals surface area contributed by atoms with E-state index in [2.05, 4.69) is 67.1 Å². The van der Waals surface area contributed by atoms with Crippen molar-refractivity contribution >= 4 is 18.7 Å². The largest absolute Gasteiger partial charge is 0.340 e. The summed E-state index contributed by atoms with van der Waals surface area (Å²) in [5.74, 6) is 0.723. The molecular weight excluding hydrogens is 299 g/mol. The molecule has 2 unspecified atom stereocenters. The molecule has 1 aliphatic heterocycles. The Balaban J connectivity index is 1.99. The average Bonchev–Trinajstić information content (AvgIpc) is 2.99. The molecule has 2 atom stereocenters. The fourth-order valence-electron chi connectivity index (χ4n) is 3.15. The summed E-state index contributed by atoms with van der Waals surface area (Å²) in [5, 5.41) is 8.39. The molecule has 7 nitrogen and oxygen atoms in total. The fourth-order valence-corrected chi connectivity index (χ4v) is 7.56. The van der Waals surface area contributed by atoms with E-state index >= 15 is 0 Å². The van der Waals surface area contributed by atoms with Crippen molar-refractivity contribution in [3.63, 3.8) is 0 Å². The topological polar surface area (TPSA) is 49.7 Å². The van der Waals surface area contributed by atoms with Crippen molar-refractivity contribution in [2.75, 3.05) is 42.3 Å². The van der Waals surface area contributed by atoms with Crippen LogP contribution in [0.1, 0.15) is 0 Å². The lowest BCUT2D eigenvalue weighted by Gasteiger charge is -2.18. The van der Waals surface area contributed by atoms with Gasteiger partial charge >= 0.3 is 7.64 Å². The standard InChI is InChI=1S/C14H24N6OP/c1-17(2)13-14(18(3)4)22(13,19(5)6)21-20-12-10-8-7-9-11(12)15-16-20/h7-10,13-14H,1-6H3/q+1. The minimum Gasteiger partial charge on any atom is -0.266 e. The lowest BCUT2D eigenvalue weighted by atomic mass is 10.3. The first-order valence-corrected chi connectivity index (χ1v) is 9.09. The van der Waals surface area contributed by atoms with Crippen LogP contribution in [-0.4, -0.2) is 83.5 Å². The number of benzene rings is 1. The van der Waals surface area contributed by atoms with Crippen molar-refractivity contribution in [2.24, 2.45) is 0 Å². The van der Waals surface area contributed by atoms with E-state index in [0.717, 1.165) is 11.0 Å². The molecule has 1 aromatic heterocycles. The normalized spacial score (nSPS) is 28.0. The fraction of sp³-hybridized carbons (Fsp3) is 0.571. The Hall–Kier alpha value is -1.27. The summed E-state index contributed by atoms with van der Waals surface area (Å²) in [6.45, 7) is 0. The number of hydrogen-bond acceptors (Lipinski definition) is 6. The number of para-hydroxylation sites is 1. The van der Waals surface area contributed by atoms with Gasteiger partial charge in [0.2, 0.25) is 11.6 Å². The van der Waals surface area contributed by atoms with Gasteiger partial charge in [0.15, 0.2) is 0 Å². The molecule has 0 spiro atoms. The molecule has 0 N–H and O–H groups in total. The quantitative estimate of drug-likeness (QED) is 0.767. The molecular formula is C14H24N6OP+. The summed E-state index contributed by atoms with van der Waals surface area (Å²) in [4.78, 5) is 6.10. The van der Waals surface area contributed by atoms with E-state index in [1.165, 1.54) is 0 Å². The van der Waals surface area contributed by atoms with Crippen LogP contribution in [0.25, 0.3) is 11.0 Å². The minimum atomic E-state index is -1.84.